The van der Waals surface area contributed by atoms with Crippen molar-refractivity contribution < 1.29 is 42.5 Å². The van der Waals surface area contributed by atoms with E-state index >= 15 is 0 Å². The fourth-order valence-electron chi connectivity index (χ4n) is 1.36. The maximum atomic E-state index is 10.9. The van der Waals surface area contributed by atoms with Crippen LogP contribution >= 0.6 is 0 Å². The van der Waals surface area contributed by atoms with E-state index < -0.39 is 10.1 Å². The van der Waals surface area contributed by atoms with Crippen LogP contribution in [0.3, 0.4) is 0 Å². The molecule has 98 valence electrons. The van der Waals surface area contributed by atoms with Gasteiger partial charge in [-0.05, 0) is 42.5 Å². The van der Waals surface area contributed by atoms with Crippen LogP contribution < -0.4 is 35.3 Å². The van der Waals surface area contributed by atoms with E-state index in [9.17, 15) is 13.0 Å². The van der Waals surface area contributed by atoms with Gasteiger partial charge in [0.05, 0.1) is 16.3 Å². The summed E-state index contributed by atoms with van der Waals surface area (Å²) in [6.07, 6.45) is 0. The summed E-state index contributed by atoms with van der Waals surface area (Å²) in [4.78, 5) is -0.332. The van der Waals surface area contributed by atoms with Crippen molar-refractivity contribution in [3.8, 4) is 0 Å². The molecule has 6 nitrogen and oxygen atoms in total. The summed E-state index contributed by atoms with van der Waals surface area (Å²) in [6.45, 7) is 0. The van der Waals surface area contributed by atoms with Crippen LogP contribution in [-0.4, -0.2) is 13.0 Å². The largest absolute Gasteiger partial charge is 1.00 e. The molecule has 2 aromatic rings. The van der Waals surface area contributed by atoms with Crippen molar-refractivity contribution in [1.29, 1.82) is 0 Å². The number of hydrogen-bond acceptors (Lipinski definition) is 6. The van der Waals surface area contributed by atoms with E-state index in [1.165, 1.54) is 18.2 Å². The van der Waals surface area contributed by atoms with Crippen LogP contribution in [0.2, 0.25) is 0 Å². The maximum Gasteiger partial charge on any atom is 1.00 e. The number of azo groups is 1. The van der Waals surface area contributed by atoms with Gasteiger partial charge in [-0.15, -0.1) is 0 Å². The van der Waals surface area contributed by atoms with Crippen molar-refractivity contribution in [2.75, 3.05) is 5.73 Å². The maximum absolute atomic E-state index is 10.9. The predicted molar refractivity (Wildman–Crippen MR) is 69.4 cm³/mol. The average molecular weight is 299 g/mol. The minimum atomic E-state index is -4.48. The van der Waals surface area contributed by atoms with Gasteiger partial charge in [0, 0.05) is 5.69 Å². The summed E-state index contributed by atoms with van der Waals surface area (Å²) in [5.74, 6) is 0. The molecule has 0 fully saturated rings. The van der Waals surface area contributed by atoms with Gasteiger partial charge in [0.25, 0.3) is 0 Å². The van der Waals surface area contributed by atoms with Gasteiger partial charge in [0.2, 0.25) is 0 Å². The van der Waals surface area contributed by atoms with Gasteiger partial charge in [0.15, 0.2) is 0 Å². The van der Waals surface area contributed by atoms with Crippen molar-refractivity contribution in [2.45, 2.75) is 4.90 Å². The molecule has 2 rings (SSSR count). The Morgan fingerprint density at radius 3 is 2.15 bits per heavy atom. The van der Waals surface area contributed by atoms with Gasteiger partial charge in [-0.3, -0.25) is 0 Å². The van der Waals surface area contributed by atoms with Crippen LogP contribution in [0.15, 0.2) is 63.7 Å². The smallest absolute Gasteiger partial charge is 0.744 e. The zero-order valence-corrected chi connectivity index (χ0v) is 13.5. The van der Waals surface area contributed by atoms with Crippen LogP contribution in [-0.2, 0) is 10.1 Å². The van der Waals surface area contributed by atoms with E-state index in [1.54, 1.807) is 30.3 Å². The van der Waals surface area contributed by atoms with Crippen LogP contribution in [0.1, 0.15) is 0 Å². The zero-order chi connectivity index (χ0) is 13.9. The Hall–Kier alpha value is -1.25. The topological polar surface area (TPSA) is 108 Å². The molecule has 0 bridgehead atoms. The predicted octanol–water partition coefficient (Wildman–Crippen LogP) is -0.408. The van der Waals surface area contributed by atoms with Crippen molar-refractivity contribution in [3.63, 3.8) is 0 Å². The second-order valence-corrected chi connectivity index (χ2v) is 5.12. The number of anilines is 1. The summed E-state index contributed by atoms with van der Waals surface area (Å²) in [6, 6.07) is 12.1. The Kier molecular flexibility index (Phi) is 5.85. The molecular weight excluding hydrogens is 289 g/mol. The average Bonchev–Trinajstić information content (AvgIpc) is 2.37. The molecule has 0 aliphatic heterocycles. The van der Waals surface area contributed by atoms with Gasteiger partial charge >= 0.3 is 29.6 Å². The number of rotatable bonds is 3. The molecule has 0 aliphatic rings. The Bertz CT molecular complexity index is 715. The minimum Gasteiger partial charge on any atom is -0.744 e. The Balaban J connectivity index is 0.00000200. The van der Waals surface area contributed by atoms with Gasteiger partial charge < -0.3 is 10.3 Å². The normalized spacial score (nSPS) is 11.2. The molecule has 0 spiro atoms. The number of nitrogens with two attached hydrogens (primary N) is 1. The first-order valence-corrected chi connectivity index (χ1v) is 6.69. The van der Waals surface area contributed by atoms with E-state index in [2.05, 4.69) is 10.2 Å². The Morgan fingerprint density at radius 1 is 0.950 bits per heavy atom. The number of nitrogens with zero attached hydrogens (tertiary/aromatic N) is 2. The summed E-state index contributed by atoms with van der Waals surface area (Å²) in [7, 11) is -4.48. The van der Waals surface area contributed by atoms with Crippen LogP contribution in [0.4, 0.5) is 17.1 Å². The molecule has 0 atom stereocenters. The first-order chi connectivity index (χ1) is 8.95. The second kappa shape index (κ2) is 6.96. The summed E-state index contributed by atoms with van der Waals surface area (Å²) < 4.78 is 32.6. The van der Waals surface area contributed by atoms with Crippen LogP contribution in [0, 0.1) is 0 Å². The van der Waals surface area contributed by atoms with Crippen molar-refractivity contribution in [2.24, 2.45) is 10.2 Å². The minimum absolute atomic E-state index is 0. The van der Waals surface area contributed by atoms with Gasteiger partial charge in [0.1, 0.15) is 10.1 Å². The van der Waals surface area contributed by atoms with E-state index in [1.807, 2.05) is 0 Å². The SMILES string of the molecule is Nc1ccc(N=Nc2cccc(S(=O)(=O)[O-])c2)cc1.[Na+]. The number of hydrogen-bond donors (Lipinski definition) is 1. The van der Waals surface area contributed by atoms with E-state index in [4.69, 9.17) is 5.73 Å². The fraction of sp³-hybridized carbons (Fsp3) is 0. The van der Waals surface area contributed by atoms with E-state index in [0.717, 1.165) is 0 Å². The van der Waals surface area contributed by atoms with Gasteiger partial charge in [-0.1, -0.05) is 6.07 Å². The molecular formula is C12H10N3NaO3S. The van der Waals surface area contributed by atoms with Crippen molar-refractivity contribution >= 4 is 27.2 Å². The van der Waals surface area contributed by atoms with Crippen LogP contribution in [0.25, 0.3) is 0 Å². The molecule has 0 aromatic heterocycles. The van der Waals surface area contributed by atoms with E-state index in [0.29, 0.717) is 11.4 Å². The molecule has 0 saturated heterocycles. The molecule has 0 amide bonds. The molecule has 2 aromatic carbocycles. The van der Waals surface area contributed by atoms with Crippen LogP contribution in [0.5, 0.6) is 0 Å². The molecule has 0 saturated carbocycles. The third kappa shape index (κ3) is 4.69. The monoisotopic (exact) mass is 299 g/mol. The first kappa shape index (κ1) is 16.8. The summed E-state index contributed by atoms with van der Waals surface area (Å²) >= 11 is 0. The second-order valence-electron chi connectivity index (χ2n) is 3.74. The van der Waals surface area contributed by atoms with Crippen molar-refractivity contribution in [3.05, 3.63) is 48.5 Å². The molecule has 2 N–H and O–H groups in total. The Morgan fingerprint density at radius 2 is 1.55 bits per heavy atom. The molecule has 20 heavy (non-hydrogen) atoms. The van der Waals surface area contributed by atoms with Crippen molar-refractivity contribution in [1.82, 2.24) is 0 Å². The molecule has 0 unspecified atom stereocenters. The third-order valence-electron chi connectivity index (χ3n) is 2.28. The summed E-state index contributed by atoms with van der Waals surface area (Å²) in [5, 5.41) is 7.77. The molecule has 8 heteroatoms. The Labute approximate surface area is 138 Å². The number of benzene rings is 2. The van der Waals surface area contributed by atoms with Gasteiger partial charge in [-0.25, -0.2) is 8.42 Å². The summed E-state index contributed by atoms with van der Waals surface area (Å²) in [5.41, 5.74) is 7.00. The standard InChI is InChI=1S/C12H11N3O3S.Na/c13-9-4-6-10(7-5-9)14-15-11-2-1-3-12(8-11)19(16,17)18;/h1-8H,13H2,(H,16,17,18);/q;+1/p-1. The third-order valence-corrected chi connectivity index (χ3v) is 3.11. The van der Waals surface area contributed by atoms with E-state index in [-0.39, 0.29) is 40.1 Å². The zero-order valence-electron chi connectivity index (χ0n) is 10.7. The molecule has 0 radical (unpaired) electrons. The quantitative estimate of drug-likeness (QED) is 0.360. The first-order valence-electron chi connectivity index (χ1n) is 5.28. The molecule has 0 heterocycles. The van der Waals surface area contributed by atoms with Gasteiger partial charge in [-0.2, -0.15) is 10.2 Å². The molecule has 0 aliphatic carbocycles. The number of nitrogen functional groups attached to an aromatic ring is 1. The fourth-order valence-corrected chi connectivity index (χ4v) is 1.87.